The molecule has 2 aromatic rings. The number of nitro groups is 1. The summed E-state index contributed by atoms with van der Waals surface area (Å²) in [6.07, 6.45) is 1.28. The molecule has 0 aliphatic heterocycles. The molecule has 1 aromatic carbocycles. The molecule has 0 unspecified atom stereocenters. The Kier molecular flexibility index (Phi) is 4.29. The van der Waals surface area contributed by atoms with Crippen molar-refractivity contribution in [2.24, 2.45) is 5.84 Å². The van der Waals surface area contributed by atoms with Crippen LogP contribution in [0.4, 0.5) is 11.5 Å². The molecule has 0 aliphatic carbocycles. The fourth-order valence-electron chi connectivity index (χ4n) is 1.89. The number of para-hydroxylation sites is 2. The standard InChI is InChI=1S/C13H15N5O3/c1-8(2)11-12(17-14)15-7-16-13(11)21-10-6-4-3-5-9(10)18(19)20/h3-8H,14H2,1-2H3,(H,15,16,17). The van der Waals surface area contributed by atoms with Crippen molar-refractivity contribution in [1.29, 1.82) is 0 Å². The van der Waals surface area contributed by atoms with Gasteiger partial charge in [0, 0.05) is 6.07 Å². The number of hydrogen-bond donors (Lipinski definition) is 2. The third-order valence-electron chi connectivity index (χ3n) is 2.83. The average molecular weight is 289 g/mol. The van der Waals surface area contributed by atoms with E-state index < -0.39 is 4.92 Å². The molecule has 1 aromatic heterocycles. The van der Waals surface area contributed by atoms with Crippen molar-refractivity contribution < 1.29 is 9.66 Å². The minimum absolute atomic E-state index is 0.0232. The van der Waals surface area contributed by atoms with Gasteiger partial charge < -0.3 is 10.2 Å². The molecule has 0 saturated heterocycles. The summed E-state index contributed by atoms with van der Waals surface area (Å²) in [6, 6.07) is 6.11. The Bertz CT molecular complexity index is 660. The number of hydrazine groups is 1. The number of nitrogens with zero attached hydrogens (tertiary/aromatic N) is 3. The average Bonchev–Trinajstić information content (AvgIpc) is 2.47. The molecule has 1 heterocycles. The van der Waals surface area contributed by atoms with E-state index in [1.807, 2.05) is 13.8 Å². The van der Waals surface area contributed by atoms with Crippen LogP contribution < -0.4 is 16.0 Å². The van der Waals surface area contributed by atoms with Crippen LogP contribution in [0.5, 0.6) is 11.6 Å². The second-order valence-electron chi connectivity index (χ2n) is 4.57. The van der Waals surface area contributed by atoms with Gasteiger partial charge in [-0.05, 0) is 12.0 Å². The van der Waals surface area contributed by atoms with Crippen molar-refractivity contribution in [3.05, 3.63) is 46.3 Å². The molecule has 3 N–H and O–H groups in total. The monoisotopic (exact) mass is 289 g/mol. The number of benzene rings is 1. The minimum Gasteiger partial charge on any atom is -0.431 e. The van der Waals surface area contributed by atoms with Gasteiger partial charge in [0.1, 0.15) is 6.33 Å². The second kappa shape index (κ2) is 6.14. The smallest absolute Gasteiger partial charge is 0.311 e. The SMILES string of the molecule is CC(C)c1c(NN)ncnc1Oc1ccccc1[N+](=O)[O-]. The Morgan fingerprint density at radius 2 is 2.05 bits per heavy atom. The molecular weight excluding hydrogens is 274 g/mol. The van der Waals surface area contributed by atoms with E-state index >= 15 is 0 Å². The second-order valence-corrected chi connectivity index (χ2v) is 4.57. The first-order valence-corrected chi connectivity index (χ1v) is 6.27. The summed E-state index contributed by atoms with van der Waals surface area (Å²) < 4.78 is 5.62. The van der Waals surface area contributed by atoms with Gasteiger partial charge in [0.25, 0.3) is 0 Å². The van der Waals surface area contributed by atoms with Crippen LogP contribution in [0.1, 0.15) is 25.3 Å². The van der Waals surface area contributed by atoms with Gasteiger partial charge in [-0.1, -0.05) is 26.0 Å². The maximum atomic E-state index is 11.0. The van der Waals surface area contributed by atoms with Crippen LogP contribution in [0.2, 0.25) is 0 Å². The molecule has 0 fully saturated rings. The Morgan fingerprint density at radius 1 is 1.33 bits per heavy atom. The first-order valence-electron chi connectivity index (χ1n) is 6.27. The minimum atomic E-state index is -0.506. The van der Waals surface area contributed by atoms with Gasteiger partial charge in [-0.25, -0.2) is 15.8 Å². The Hall–Kier alpha value is -2.74. The van der Waals surface area contributed by atoms with E-state index in [0.717, 1.165) is 0 Å². The van der Waals surface area contributed by atoms with Crippen molar-refractivity contribution in [3.63, 3.8) is 0 Å². The quantitative estimate of drug-likeness (QED) is 0.493. The van der Waals surface area contributed by atoms with E-state index in [1.54, 1.807) is 12.1 Å². The number of rotatable bonds is 5. The zero-order chi connectivity index (χ0) is 15.4. The molecular formula is C13H15N5O3. The maximum absolute atomic E-state index is 11.0. The highest BCUT2D eigenvalue weighted by Crippen LogP contribution is 2.35. The highest BCUT2D eigenvalue weighted by atomic mass is 16.6. The van der Waals surface area contributed by atoms with Gasteiger partial charge in [0.05, 0.1) is 10.5 Å². The van der Waals surface area contributed by atoms with Gasteiger partial charge >= 0.3 is 5.69 Å². The van der Waals surface area contributed by atoms with Crippen LogP contribution >= 0.6 is 0 Å². The molecule has 0 spiro atoms. The van der Waals surface area contributed by atoms with E-state index in [9.17, 15) is 10.1 Å². The number of nitrogens with one attached hydrogen (secondary N) is 1. The molecule has 0 bridgehead atoms. The van der Waals surface area contributed by atoms with E-state index in [4.69, 9.17) is 10.6 Å². The van der Waals surface area contributed by atoms with Crippen molar-refractivity contribution >= 4 is 11.5 Å². The first-order chi connectivity index (χ1) is 10.0. The Morgan fingerprint density at radius 3 is 2.67 bits per heavy atom. The molecule has 2 rings (SSSR count). The topological polar surface area (TPSA) is 116 Å². The molecule has 8 heteroatoms. The maximum Gasteiger partial charge on any atom is 0.311 e. The third-order valence-corrected chi connectivity index (χ3v) is 2.83. The number of nitrogen functional groups attached to an aromatic ring is 1. The van der Waals surface area contributed by atoms with Crippen LogP contribution in [0.15, 0.2) is 30.6 Å². The molecule has 8 nitrogen and oxygen atoms in total. The lowest BCUT2D eigenvalue weighted by atomic mass is 10.1. The lowest BCUT2D eigenvalue weighted by Gasteiger charge is -2.15. The van der Waals surface area contributed by atoms with Crippen molar-refractivity contribution in [3.8, 4) is 11.6 Å². The van der Waals surface area contributed by atoms with Crippen LogP contribution in [-0.4, -0.2) is 14.9 Å². The van der Waals surface area contributed by atoms with Crippen LogP contribution in [0.25, 0.3) is 0 Å². The van der Waals surface area contributed by atoms with Crippen LogP contribution in [-0.2, 0) is 0 Å². The predicted molar refractivity (Wildman–Crippen MR) is 77.1 cm³/mol. The normalized spacial score (nSPS) is 10.5. The summed E-state index contributed by atoms with van der Waals surface area (Å²) in [5.74, 6) is 6.23. The van der Waals surface area contributed by atoms with E-state index in [-0.39, 0.29) is 23.2 Å². The van der Waals surface area contributed by atoms with E-state index in [2.05, 4.69) is 15.4 Å². The van der Waals surface area contributed by atoms with Crippen LogP contribution in [0.3, 0.4) is 0 Å². The van der Waals surface area contributed by atoms with Gasteiger partial charge in [0.15, 0.2) is 5.82 Å². The zero-order valence-electron chi connectivity index (χ0n) is 11.6. The van der Waals surface area contributed by atoms with Crippen molar-refractivity contribution in [2.45, 2.75) is 19.8 Å². The highest BCUT2D eigenvalue weighted by Gasteiger charge is 2.20. The van der Waals surface area contributed by atoms with E-state index in [1.165, 1.54) is 18.5 Å². The summed E-state index contributed by atoms with van der Waals surface area (Å²) in [5, 5.41) is 11.0. The summed E-state index contributed by atoms with van der Waals surface area (Å²) in [7, 11) is 0. The fourth-order valence-corrected chi connectivity index (χ4v) is 1.89. The van der Waals surface area contributed by atoms with Gasteiger partial charge in [-0.15, -0.1) is 0 Å². The molecule has 0 atom stereocenters. The van der Waals surface area contributed by atoms with Gasteiger partial charge in [-0.3, -0.25) is 10.1 Å². The largest absolute Gasteiger partial charge is 0.431 e. The number of nitrogens with two attached hydrogens (primary N) is 1. The lowest BCUT2D eigenvalue weighted by Crippen LogP contribution is -2.13. The number of hydrogen-bond acceptors (Lipinski definition) is 7. The first kappa shape index (κ1) is 14.7. The van der Waals surface area contributed by atoms with Gasteiger partial charge in [0.2, 0.25) is 11.6 Å². The molecule has 21 heavy (non-hydrogen) atoms. The molecule has 0 aliphatic rings. The Balaban J connectivity index is 2.48. The zero-order valence-corrected chi connectivity index (χ0v) is 11.6. The number of anilines is 1. The highest BCUT2D eigenvalue weighted by molar-refractivity contribution is 5.53. The summed E-state index contributed by atoms with van der Waals surface area (Å²) in [5.41, 5.74) is 3.00. The fraction of sp³-hybridized carbons (Fsp3) is 0.231. The Labute approximate surface area is 121 Å². The molecule has 0 saturated carbocycles. The van der Waals surface area contributed by atoms with Crippen LogP contribution in [0, 0.1) is 10.1 Å². The summed E-state index contributed by atoms with van der Waals surface area (Å²) in [4.78, 5) is 18.6. The number of aromatic nitrogens is 2. The lowest BCUT2D eigenvalue weighted by molar-refractivity contribution is -0.385. The van der Waals surface area contributed by atoms with E-state index in [0.29, 0.717) is 11.4 Å². The predicted octanol–water partition coefficient (Wildman–Crippen LogP) is 2.59. The van der Waals surface area contributed by atoms with Crippen molar-refractivity contribution in [2.75, 3.05) is 5.43 Å². The third kappa shape index (κ3) is 3.06. The summed E-state index contributed by atoms with van der Waals surface area (Å²) in [6.45, 7) is 3.84. The molecule has 0 radical (unpaired) electrons. The molecule has 0 amide bonds. The number of nitro benzene ring substituents is 1. The number of ether oxygens (including phenoxy) is 1. The molecule has 110 valence electrons. The summed E-state index contributed by atoms with van der Waals surface area (Å²) >= 11 is 0. The van der Waals surface area contributed by atoms with Crippen molar-refractivity contribution in [1.82, 2.24) is 9.97 Å². The van der Waals surface area contributed by atoms with Gasteiger partial charge in [-0.2, -0.15) is 0 Å².